The van der Waals surface area contributed by atoms with Gasteiger partial charge in [0, 0.05) is 25.1 Å². The summed E-state index contributed by atoms with van der Waals surface area (Å²) in [6.45, 7) is 3.44. The van der Waals surface area contributed by atoms with E-state index in [0.717, 1.165) is 29.0 Å². The summed E-state index contributed by atoms with van der Waals surface area (Å²) in [4.78, 5) is 11.0. The van der Waals surface area contributed by atoms with Crippen molar-refractivity contribution in [1.29, 1.82) is 0 Å². The van der Waals surface area contributed by atoms with Crippen LogP contribution in [0.1, 0.15) is 18.1 Å². The molecule has 0 saturated heterocycles. The summed E-state index contributed by atoms with van der Waals surface area (Å²) in [6, 6.07) is 3.82. The van der Waals surface area contributed by atoms with Gasteiger partial charge in [-0.3, -0.25) is 4.79 Å². The Morgan fingerprint density at radius 3 is 3.00 bits per heavy atom. The molecule has 0 aliphatic carbocycles. The lowest BCUT2D eigenvalue weighted by molar-refractivity contribution is -0.114. The normalized spacial score (nSPS) is 17.8. The second-order valence-electron chi connectivity index (χ2n) is 4.08. The van der Waals surface area contributed by atoms with Gasteiger partial charge < -0.3 is 15.2 Å². The molecular formula is C12H15NO3. The number of aliphatic hydroxyl groups excluding tert-OH is 1. The van der Waals surface area contributed by atoms with E-state index < -0.39 is 0 Å². The molecule has 16 heavy (non-hydrogen) atoms. The van der Waals surface area contributed by atoms with Gasteiger partial charge in [-0.2, -0.15) is 0 Å². The van der Waals surface area contributed by atoms with Crippen LogP contribution >= 0.6 is 0 Å². The summed E-state index contributed by atoms with van der Waals surface area (Å²) in [7, 11) is 0. The van der Waals surface area contributed by atoms with Crippen LogP contribution in [0, 0.1) is 6.92 Å². The van der Waals surface area contributed by atoms with Crippen LogP contribution in [0.2, 0.25) is 0 Å². The number of ether oxygens (including phenoxy) is 1. The molecule has 0 radical (unpaired) electrons. The number of anilines is 1. The SMILES string of the molecule is CC(=O)Nc1cc2c(cc1C)CC(CO)O2. The molecule has 4 heteroatoms. The predicted molar refractivity (Wildman–Crippen MR) is 60.7 cm³/mol. The smallest absolute Gasteiger partial charge is 0.221 e. The molecule has 86 valence electrons. The molecule has 4 nitrogen and oxygen atoms in total. The van der Waals surface area contributed by atoms with Gasteiger partial charge in [-0.05, 0) is 18.1 Å². The molecule has 1 amide bonds. The highest BCUT2D eigenvalue weighted by Crippen LogP contribution is 2.33. The van der Waals surface area contributed by atoms with Crippen LogP contribution in [0.25, 0.3) is 0 Å². The van der Waals surface area contributed by atoms with E-state index in [1.54, 1.807) is 0 Å². The lowest BCUT2D eigenvalue weighted by Crippen LogP contribution is -2.17. The number of hydrogen-bond donors (Lipinski definition) is 2. The Balaban J connectivity index is 2.29. The predicted octanol–water partition coefficient (Wildman–Crippen LogP) is 1.25. The van der Waals surface area contributed by atoms with E-state index in [2.05, 4.69) is 5.32 Å². The first-order valence-electron chi connectivity index (χ1n) is 5.28. The van der Waals surface area contributed by atoms with Crippen LogP contribution in [0.4, 0.5) is 5.69 Å². The molecule has 0 bridgehead atoms. The van der Waals surface area contributed by atoms with Gasteiger partial charge in [0.15, 0.2) is 0 Å². The van der Waals surface area contributed by atoms with E-state index in [-0.39, 0.29) is 18.6 Å². The summed E-state index contributed by atoms with van der Waals surface area (Å²) in [5, 5.41) is 11.8. The van der Waals surface area contributed by atoms with Gasteiger partial charge in [-0.1, -0.05) is 6.07 Å². The van der Waals surface area contributed by atoms with Crippen molar-refractivity contribution in [2.75, 3.05) is 11.9 Å². The van der Waals surface area contributed by atoms with Crippen LogP contribution in [0.3, 0.4) is 0 Å². The van der Waals surface area contributed by atoms with E-state index >= 15 is 0 Å². The minimum absolute atomic E-state index is 0.0171. The van der Waals surface area contributed by atoms with Gasteiger partial charge in [0.2, 0.25) is 5.91 Å². The Hall–Kier alpha value is -1.55. The first kappa shape index (κ1) is 11.0. The van der Waals surface area contributed by atoms with Gasteiger partial charge in [0.1, 0.15) is 11.9 Å². The van der Waals surface area contributed by atoms with E-state index in [4.69, 9.17) is 9.84 Å². The Morgan fingerprint density at radius 1 is 1.62 bits per heavy atom. The number of hydrogen-bond acceptors (Lipinski definition) is 3. The first-order valence-corrected chi connectivity index (χ1v) is 5.28. The Labute approximate surface area is 94.2 Å². The molecular weight excluding hydrogens is 206 g/mol. The molecule has 2 rings (SSSR count). The van der Waals surface area contributed by atoms with Gasteiger partial charge in [-0.25, -0.2) is 0 Å². The standard InChI is InChI=1S/C12H15NO3/c1-7-3-9-4-10(6-14)16-12(9)5-11(7)13-8(2)15/h3,5,10,14H,4,6H2,1-2H3,(H,13,15). The lowest BCUT2D eigenvalue weighted by atomic mass is 10.1. The van der Waals surface area contributed by atoms with Gasteiger partial charge in [0.05, 0.1) is 6.61 Å². The third-order valence-electron chi connectivity index (χ3n) is 2.66. The number of amides is 1. The van der Waals surface area contributed by atoms with Crippen molar-refractivity contribution in [1.82, 2.24) is 0 Å². The van der Waals surface area contributed by atoms with Crippen molar-refractivity contribution < 1.29 is 14.6 Å². The van der Waals surface area contributed by atoms with Gasteiger partial charge in [-0.15, -0.1) is 0 Å². The van der Waals surface area contributed by atoms with Crippen LogP contribution in [0.5, 0.6) is 5.75 Å². The number of benzene rings is 1. The number of carbonyl (C=O) groups is 1. The summed E-state index contributed by atoms with van der Waals surface area (Å²) in [5.74, 6) is 0.660. The summed E-state index contributed by atoms with van der Waals surface area (Å²) < 4.78 is 5.53. The highest BCUT2D eigenvalue weighted by atomic mass is 16.5. The second kappa shape index (κ2) is 4.14. The number of fused-ring (bicyclic) bond motifs is 1. The molecule has 1 aliphatic rings. The summed E-state index contributed by atoms with van der Waals surface area (Å²) in [5.41, 5.74) is 2.87. The highest BCUT2D eigenvalue weighted by Gasteiger charge is 2.23. The van der Waals surface area contributed by atoms with E-state index in [0.29, 0.717) is 0 Å². The third-order valence-corrected chi connectivity index (χ3v) is 2.66. The number of carbonyl (C=O) groups excluding carboxylic acids is 1. The molecule has 0 spiro atoms. The molecule has 0 aromatic heterocycles. The third kappa shape index (κ3) is 2.02. The molecule has 0 fully saturated rings. The number of aliphatic hydroxyl groups is 1. The van der Waals surface area contributed by atoms with Crippen molar-refractivity contribution in [3.05, 3.63) is 23.3 Å². The van der Waals surface area contributed by atoms with E-state index in [1.807, 2.05) is 19.1 Å². The number of nitrogens with one attached hydrogen (secondary N) is 1. The second-order valence-corrected chi connectivity index (χ2v) is 4.08. The van der Waals surface area contributed by atoms with E-state index in [1.165, 1.54) is 6.92 Å². The van der Waals surface area contributed by atoms with Crippen LogP contribution in [0.15, 0.2) is 12.1 Å². The molecule has 1 aromatic carbocycles. The minimum atomic E-state index is -0.151. The van der Waals surface area contributed by atoms with Crippen LogP contribution in [-0.2, 0) is 11.2 Å². The number of aryl methyl sites for hydroxylation is 1. The zero-order chi connectivity index (χ0) is 11.7. The molecule has 2 N–H and O–H groups in total. The molecule has 1 atom stereocenters. The van der Waals surface area contributed by atoms with Gasteiger partial charge >= 0.3 is 0 Å². The maximum Gasteiger partial charge on any atom is 0.221 e. The molecule has 0 saturated carbocycles. The molecule has 1 aromatic rings. The maximum absolute atomic E-state index is 11.0. The average molecular weight is 221 g/mol. The molecule has 1 heterocycles. The van der Waals surface area contributed by atoms with Crippen LogP contribution < -0.4 is 10.1 Å². The zero-order valence-electron chi connectivity index (χ0n) is 9.41. The quantitative estimate of drug-likeness (QED) is 0.790. The van der Waals surface area contributed by atoms with Crippen molar-refractivity contribution >= 4 is 11.6 Å². The molecule has 1 unspecified atom stereocenters. The molecule has 1 aliphatic heterocycles. The van der Waals surface area contributed by atoms with Gasteiger partial charge in [0.25, 0.3) is 0 Å². The van der Waals surface area contributed by atoms with E-state index in [9.17, 15) is 4.79 Å². The van der Waals surface area contributed by atoms with Crippen LogP contribution in [-0.4, -0.2) is 23.7 Å². The van der Waals surface area contributed by atoms with Crippen molar-refractivity contribution in [3.63, 3.8) is 0 Å². The number of rotatable bonds is 2. The fraction of sp³-hybridized carbons (Fsp3) is 0.417. The van der Waals surface area contributed by atoms with Crippen molar-refractivity contribution in [2.24, 2.45) is 0 Å². The lowest BCUT2D eigenvalue weighted by Gasteiger charge is -2.09. The zero-order valence-corrected chi connectivity index (χ0v) is 9.41. The Kier molecular flexibility index (Phi) is 2.83. The summed E-state index contributed by atoms with van der Waals surface area (Å²) in [6.07, 6.45) is 0.578. The fourth-order valence-electron chi connectivity index (χ4n) is 1.91. The monoisotopic (exact) mass is 221 g/mol. The average Bonchev–Trinajstić information content (AvgIpc) is 2.59. The Bertz CT molecular complexity index is 429. The minimum Gasteiger partial charge on any atom is -0.487 e. The van der Waals surface area contributed by atoms with Crippen molar-refractivity contribution in [2.45, 2.75) is 26.4 Å². The maximum atomic E-state index is 11.0. The summed E-state index contributed by atoms with van der Waals surface area (Å²) >= 11 is 0. The van der Waals surface area contributed by atoms with Crippen molar-refractivity contribution in [3.8, 4) is 5.75 Å². The highest BCUT2D eigenvalue weighted by molar-refractivity contribution is 5.90. The Morgan fingerprint density at radius 2 is 2.38 bits per heavy atom. The topological polar surface area (TPSA) is 58.6 Å². The first-order chi connectivity index (χ1) is 7.60. The fourth-order valence-corrected chi connectivity index (χ4v) is 1.91. The largest absolute Gasteiger partial charge is 0.487 e.